The van der Waals surface area contributed by atoms with Gasteiger partial charge in [-0.05, 0) is 24.3 Å². The average Bonchev–Trinajstić information content (AvgIpc) is 2.73. The lowest BCUT2D eigenvalue weighted by atomic mass is 10.1. The Morgan fingerprint density at radius 1 is 0.812 bits per heavy atom. The summed E-state index contributed by atoms with van der Waals surface area (Å²) in [4.78, 5) is 11.9. The van der Waals surface area contributed by atoms with Crippen LogP contribution in [-0.4, -0.2) is 28.2 Å². The Balaban J connectivity index is 1.81. The van der Waals surface area contributed by atoms with Gasteiger partial charge >= 0.3 is 12.4 Å². The molecule has 0 saturated carbocycles. The van der Waals surface area contributed by atoms with Crippen LogP contribution >= 0.6 is 0 Å². The van der Waals surface area contributed by atoms with Crippen LogP contribution in [0.5, 0.6) is 0 Å². The monoisotopic (exact) mass is 455 g/mol. The molecule has 13 heteroatoms. The minimum absolute atomic E-state index is 0.0443. The third-order valence-electron chi connectivity index (χ3n) is 3.94. The van der Waals surface area contributed by atoms with Crippen LogP contribution in [0.4, 0.5) is 49.9 Å². The van der Waals surface area contributed by atoms with Crippen LogP contribution in [-0.2, 0) is 12.4 Å². The molecule has 3 aromatic rings. The largest absolute Gasteiger partial charge is 0.417 e. The fourth-order valence-electron chi connectivity index (χ4n) is 2.52. The minimum atomic E-state index is -4.56. The lowest BCUT2D eigenvalue weighted by Crippen LogP contribution is -2.10. The van der Waals surface area contributed by atoms with Gasteiger partial charge in [0.15, 0.2) is 0 Å². The molecule has 0 spiro atoms. The topological polar surface area (TPSA) is 87.1 Å². The van der Waals surface area contributed by atoms with Crippen molar-refractivity contribution in [2.75, 3.05) is 23.1 Å². The number of benzene rings is 2. The van der Waals surface area contributed by atoms with E-state index in [9.17, 15) is 26.3 Å². The molecule has 7 nitrogen and oxygen atoms in total. The number of aromatic nitrogens is 3. The van der Waals surface area contributed by atoms with E-state index < -0.39 is 23.5 Å². The van der Waals surface area contributed by atoms with Crippen molar-refractivity contribution in [2.24, 2.45) is 5.10 Å². The number of halogens is 6. The van der Waals surface area contributed by atoms with Gasteiger partial charge in [0.25, 0.3) is 0 Å². The van der Waals surface area contributed by atoms with E-state index in [0.29, 0.717) is 0 Å². The molecular formula is C19H15F6N7. The Hall–Kier alpha value is -3.90. The predicted molar refractivity (Wildman–Crippen MR) is 107 cm³/mol. The molecule has 32 heavy (non-hydrogen) atoms. The van der Waals surface area contributed by atoms with Crippen molar-refractivity contribution < 1.29 is 26.3 Å². The maximum Gasteiger partial charge on any atom is 0.417 e. The molecule has 0 fully saturated rings. The highest BCUT2D eigenvalue weighted by molar-refractivity contribution is 5.82. The zero-order valence-electron chi connectivity index (χ0n) is 16.3. The van der Waals surface area contributed by atoms with Gasteiger partial charge in [0.1, 0.15) is 0 Å². The smallest absolute Gasteiger partial charge is 0.357 e. The Kier molecular flexibility index (Phi) is 6.46. The van der Waals surface area contributed by atoms with Crippen LogP contribution in [0.2, 0.25) is 0 Å². The van der Waals surface area contributed by atoms with Crippen molar-refractivity contribution in [1.29, 1.82) is 0 Å². The molecule has 3 rings (SSSR count). The maximum atomic E-state index is 13.1. The van der Waals surface area contributed by atoms with Crippen molar-refractivity contribution in [2.45, 2.75) is 12.4 Å². The number of hydrogen-bond donors (Lipinski definition) is 3. The molecular weight excluding hydrogens is 440 g/mol. The van der Waals surface area contributed by atoms with E-state index in [0.717, 1.165) is 24.4 Å². The summed E-state index contributed by atoms with van der Waals surface area (Å²) in [5.41, 5.74) is 0.541. The number of hydrogen-bond acceptors (Lipinski definition) is 7. The highest BCUT2D eigenvalue weighted by Crippen LogP contribution is 2.32. The summed E-state index contributed by atoms with van der Waals surface area (Å²) in [6.45, 7) is 0. The number of rotatable bonds is 6. The molecule has 0 unspecified atom stereocenters. The second-order valence-corrected chi connectivity index (χ2v) is 6.21. The van der Waals surface area contributed by atoms with Crippen LogP contribution in [0, 0.1) is 0 Å². The van der Waals surface area contributed by atoms with E-state index in [1.54, 1.807) is 0 Å². The molecule has 0 bridgehead atoms. The third-order valence-corrected chi connectivity index (χ3v) is 3.94. The van der Waals surface area contributed by atoms with Gasteiger partial charge in [-0.15, -0.1) is 0 Å². The number of nitrogens with one attached hydrogen (secondary N) is 3. The van der Waals surface area contributed by atoms with E-state index in [1.807, 2.05) is 0 Å². The third kappa shape index (κ3) is 5.83. The standard InChI is InChI=1S/C19H15F6N7/c1-26-15-29-16(28-13-7-4-6-12(9-13)18(20,21)22)31-17(30-15)32-27-10-11-5-2-3-8-14(11)19(23,24)25/h2-10H,1H3,(H3,26,28,29,30,31,32)/b27-10-. The van der Waals surface area contributed by atoms with E-state index >= 15 is 0 Å². The molecule has 0 aliphatic heterocycles. The van der Waals surface area contributed by atoms with Gasteiger partial charge < -0.3 is 10.6 Å². The summed E-state index contributed by atoms with van der Waals surface area (Å²) in [6, 6.07) is 9.23. The van der Waals surface area contributed by atoms with Crippen LogP contribution < -0.4 is 16.1 Å². The van der Waals surface area contributed by atoms with Crippen LogP contribution in [0.1, 0.15) is 16.7 Å². The Morgan fingerprint density at radius 3 is 2.19 bits per heavy atom. The second kappa shape index (κ2) is 9.08. The quantitative estimate of drug-likeness (QED) is 0.271. The molecule has 0 aliphatic rings. The van der Waals surface area contributed by atoms with E-state index in [4.69, 9.17) is 0 Å². The first-order chi connectivity index (χ1) is 15.1. The Morgan fingerprint density at radius 2 is 1.50 bits per heavy atom. The van der Waals surface area contributed by atoms with E-state index in [-0.39, 0.29) is 29.1 Å². The molecule has 0 amide bonds. The highest BCUT2D eigenvalue weighted by atomic mass is 19.4. The van der Waals surface area contributed by atoms with Gasteiger partial charge in [-0.1, -0.05) is 24.3 Å². The van der Waals surface area contributed by atoms with Gasteiger partial charge in [-0.2, -0.15) is 46.4 Å². The molecule has 0 aliphatic carbocycles. The summed E-state index contributed by atoms with van der Waals surface area (Å²) < 4.78 is 77.9. The summed E-state index contributed by atoms with van der Waals surface area (Å²) in [7, 11) is 1.50. The van der Waals surface area contributed by atoms with Crippen molar-refractivity contribution in [3.8, 4) is 0 Å². The molecule has 0 saturated heterocycles. The maximum absolute atomic E-state index is 13.1. The lowest BCUT2D eigenvalue weighted by Gasteiger charge is -2.11. The first kappa shape index (κ1) is 22.8. The second-order valence-electron chi connectivity index (χ2n) is 6.21. The molecule has 1 aromatic heterocycles. The number of anilines is 4. The van der Waals surface area contributed by atoms with Crippen molar-refractivity contribution in [3.05, 3.63) is 65.2 Å². The first-order valence-corrected chi connectivity index (χ1v) is 8.89. The first-order valence-electron chi connectivity index (χ1n) is 8.89. The molecule has 168 valence electrons. The molecule has 3 N–H and O–H groups in total. The zero-order valence-corrected chi connectivity index (χ0v) is 16.3. The number of hydrazone groups is 1. The SMILES string of the molecule is CNc1nc(N/N=C\c2ccccc2C(F)(F)F)nc(Nc2cccc(C(F)(F)F)c2)n1. The molecule has 0 atom stereocenters. The van der Waals surface area contributed by atoms with E-state index in [2.05, 4.69) is 36.1 Å². The van der Waals surface area contributed by atoms with Crippen molar-refractivity contribution >= 4 is 29.7 Å². The van der Waals surface area contributed by atoms with Gasteiger partial charge in [0.2, 0.25) is 17.8 Å². The fourth-order valence-corrected chi connectivity index (χ4v) is 2.52. The zero-order chi connectivity index (χ0) is 23.4. The van der Waals surface area contributed by atoms with Crippen LogP contribution in [0.3, 0.4) is 0 Å². The Bertz CT molecular complexity index is 1110. The summed E-state index contributed by atoms with van der Waals surface area (Å²) >= 11 is 0. The van der Waals surface area contributed by atoms with Crippen LogP contribution in [0.25, 0.3) is 0 Å². The van der Waals surface area contributed by atoms with Gasteiger partial charge in [0, 0.05) is 18.3 Å². The molecule has 0 radical (unpaired) electrons. The fraction of sp³-hybridized carbons (Fsp3) is 0.158. The summed E-state index contributed by atoms with van der Waals surface area (Å²) in [5, 5.41) is 8.99. The summed E-state index contributed by atoms with van der Waals surface area (Å²) in [5.74, 6) is -0.223. The van der Waals surface area contributed by atoms with Crippen molar-refractivity contribution in [3.63, 3.8) is 0 Å². The van der Waals surface area contributed by atoms with Gasteiger partial charge in [0.05, 0.1) is 17.3 Å². The van der Waals surface area contributed by atoms with Gasteiger partial charge in [-0.25, -0.2) is 5.43 Å². The molecule has 1 heterocycles. The van der Waals surface area contributed by atoms with Gasteiger partial charge in [-0.3, -0.25) is 0 Å². The summed E-state index contributed by atoms with van der Waals surface area (Å²) in [6.07, 6.45) is -8.14. The number of alkyl halides is 6. The van der Waals surface area contributed by atoms with Crippen LogP contribution in [0.15, 0.2) is 53.6 Å². The Labute approximate surface area is 177 Å². The normalized spacial score (nSPS) is 12.1. The number of nitrogens with zero attached hydrogens (tertiary/aromatic N) is 4. The predicted octanol–water partition coefficient (Wildman–Crippen LogP) is 5.14. The lowest BCUT2D eigenvalue weighted by molar-refractivity contribution is -0.138. The average molecular weight is 455 g/mol. The van der Waals surface area contributed by atoms with E-state index in [1.165, 1.54) is 37.4 Å². The highest BCUT2D eigenvalue weighted by Gasteiger charge is 2.32. The minimum Gasteiger partial charge on any atom is -0.357 e. The van der Waals surface area contributed by atoms with Crippen molar-refractivity contribution in [1.82, 2.24) is 15.0 Å². The molecule has 2 aromatic carbocycles.